The number of carbonyl (C=O) groups is 2. The van der Waals surface area contributed by atoms with Crippen molar-refractivity contribution in [1.82, 2.24) is 5.32 Å². The summed E-state index contributed by atoms with van der Waals surface area (Å²) in [7, 11) is 0. The first-order valence-electron chi connectivity index (χ1n) is 6.16. The van der Waals surface area contributed by atoms with E-state index in [1.54, 1.807) is 11.3 Å². The molecule has 1 amide bonds. The van der Waals surface area contributed by atoms with E-state index in [2.05, 4.69) is 5.32 Å². The molecule has 19 heavy (non-hydrogen) atoms. The summed E-state index contributed by atoms with van der Waals surface area (Å²) in [5, 5.41) is 14.0. The number of hydrogen-bond acceptors (Lipinski definition) is 4. The summed E-state index contributed by atoms with van der Waals surface area (Å²) in [6, 6.07) is 3.65. The van der Waals surface area contributed by atoms with Crippen LogP contribution in [0.4, 0.5) is 0 Å². The van der Waals surface area contributed by atoms with Crippen molar-refractivity contribution in [2.75, 3.05) is 0 Å². The van der Waals surface area contributed by atoms with Gasteiger partial charge in [-0.1, -0.05) is 6.42 Å². The van der Waals surface area contributed by atoms with Gasteiger partial charge in [0.15, 0.2) is 0 Å². The molecule has 3 rings (SSSR count). The molecule has 2 heterocycles. The summed E-state index contributed by atoms with van der Waals surface area (Å²) in [4.78, 5) is 23.9. The summed E-state index contributed by atoms with van der Waals surface area (Å²) in [6.07, 6.45) is 2.27. The average Bonchev–Trinajstić information content (AvgIpc) is 3.01. The van der Waals surface area contributed by atoms with Crippen molar-refractivity contribution in [3.8, 4) is 0 Å². The number of hydrogen-bond donors (Lipinski definition) is 2. The van der Waals surface area contributed by atoms with E-state index in [-0.39, 0.29) is 11.9 Å². The molecule has 2 aromatic rings. The molecule has 6 heteroatoms. The smallest absolute Gasteiger partial charge is 0.308 e. The van der Waals surface area contributed by atoms with E-state index >= 15 is 0 Å². The van der Waals surface area contributed by atoms with Crippen LogP contribution in [0.2, 0.25) is 0 Å². The fourth-order valence-corrected chi connectivity index (χ4v) is 4.56. The van der Waals surface area contributed by atoms with E-state index in [0.717, 1.165) is 22.2 Å². The molecule has 1 aliphatic rings. The molecule has 0 saturated heterocycles. The van der Waals surface area contributed by atoms with Crippen LogP contribution in [0.5, 0.6) is 0 Å². The molecule has 2 aromatic heterocycles. The Labute approximate surface area is 118 Å². The predicted molar refractivity (Wildman–Crippen MR) is 75.9 cm³/mol. The molecule has 1 saturated carbocycles. The molecule has 4 nitrogen and oxygen atoms in total. The third-order valence-corrected chi connectivity index (χ3v) is 5.60. The van der Waals surface area contributed by atoms with E-state index in [1.165, 1.54) is 11.3 Å². The SMILES string of the molecule is O=C(NC1CCCC1C(=O)O)c1cc2sccc2s1. The molecule has 0 bridgehead atoms. The Morgan fingerprint density at radius 1 is 1.32 bits per heavy atom. The molecule has 2 unspecified atom stereocenters. The Morgan fingerprint density at radius 2 is 2.16 bits per heavy atom. The van der Waals surface area contributed by atoms with Crippen LogP contribution in [-0.2, 0) is 4.79 Å². The highest BCUT2D eigenvalue weighted by Crippen LogP contribution is 2.31. The van der Waals surface area contributed by atoms with Crippen LogP contribution in [0.1, 0.15) is 28.9 Å². The molecule has 2 atom stereocenters. The van der Waals surface area contributed by atoms with Gasteiger partial charge in [0.05, 0.1) is 10.8 Å². The second kappa shape index (κ2) is 4.94. The van der Waals surface area contributed by atoms with Crippen LogP contribution in [0.3, 0.4) is 0 Å². The minimum atomic E-state index is -0.810. The maximum absolute atomic E-state index is 12.1. The molecule has 1 aliphatic carbocycles. The highest BCUT2D eigenvalue weighted by molar-refractivity contribution is 7.27. The van der Waals surface area contributed by atoms with Gasteiger partial charge in [0.2, 0.25) is 0 Å². The number of amides is 1. The lowest BCUT2D eigenvalue weighted by atomic mass is 10.0. The van der Waals surface area contributed by atoms with Gasteiger partial charge in [0.1, 0.15) is 0 Å². The minimum absolute atomic E-state index is 0.147. The highest BCUT2D eigenvalue weighted by Gasteiger charge is 2.34. The normalized spacial score (nSPS) is 22.7. The molecule has 0 radical (unpaired) electrons. The van der Waals surface area contributed by atoms with Crippen molar-refractivity contribution in [2.24, 2.45) is 5.92 Å². The molecule has 100 valence electrons. The molecular weight excluding hydrogens is 282 g/mol. The maximum atomic E-state index is 12.1. The number of fused-ring (bicyclic) bond motifs is 1. The standard InChI is InChI=1S/C13H13NO3S2/c15-12(11-6-10-9(19-11)4-5-18-10)14-8-3-1-2-7(8)13(16)17/h4-8H,1-3H2,(H,14,15)(H,16,17). The van der Waals surface area contributed by atoms with E-state index in [0.29, 0.717) is 11.3 Å². The number of aliphatic carboxylic acids is 1. The van der Waals surface area contributed by atoms with Gasteiger partial charge in [-0.3, -0.25) is 9.59 Å². The van der Waals surface area contributed by atoms with Crippen LogP contribution in [-0.4, -0.2) is 23.0 Å². The molecule has 1 fully saturated rings. The first-order chi connectivity index (χ1) is 9.15. The van der Waals surface area contributed by atoms with Gasteiger partial charge in [-0.25, -0.2) is 0 Å². The van der Waals surface area contributed by atoms with E-state index < -0.39 is 11.9 Å². The second-order valence-corrected chi connectivity index (χ2v) is 6.75. The number of carboxylic acid groups (broad SMARTS) is 1. The third kappa shape index (κ3) is 2.37. The van der Waals surface area contributed by atoms with Gasteiger partial charge in [0.25, 0.3) is 5.91 Å². The van der Waals surface area contributed by atoms with E-state index in [1.807, 2.05) is 17.5 Å². The topological polar surface area (TPSA) is 66.4 Å². The van der Waals surface area contributed by atoms with Gasteiger partial charge in [-0.2, -0.15) is 0 Å². The van der Waals surface area contributed by atoms with Crippen molar-refractivity contribution in [3.63, 3.8) is 0 Å². The Morgan fingerprint density at radius 3 is 2.89 bits per heavy atom. The van der Waals surface area contributed by atoms with Crippen LogP contribution in [0.25, 0.3) is 9.40 Å². The number of carboxylic acids is 1. The molecule has 0 spiro atoms. The van der Waals surface area contributed by atoms with Gasteiger partial charge < -0.3 is 10.4 Å². The zero-order valence-electron chi connectivity index (χ0n) is 10.1. The lowest BCUT2D eigenvalue weighted by molar-refractivity contribution is -0.142. The number of rotatable bonds is 3. The Kier molecular flexibility index (Phi) is 3.28. The zero-order chi connectivity index (χ0) is 13.4. The first kappa shape index (κ1) is 12.6. The maximum Gasteiger partial charge on any atom is 0.308 e. The van der Waals surface area contributed by atoms with Gasteiger partial charge in [0, 0.05) is 15.4 Å². The van der Waals surface area contributed by atoms with Gasteiger partial charge in [-0.15, -0.1) is 22.7 Å². The molecule has 0 aromatic carbocycles. The van der Waals surface area contributed by atoms with Crippen LogP contribution < -0.4 is 5.32 Å². The van der Waals surface area contributed by atoms with Crippen molar-refractivity contribution in [1.29, 1.82) is 0 Å². The lowest BCUT2D eigenvalue weighted by Gasteiger charge is -2.16. The number of nitrogens with one attached hydrogen (secondary N) is 1. The van der Waals surface area contributed by atoms with Gasteiger partial charge >= 0.3 is 5.97 Å². The summed E-state index contributed by atoms with van der Waals surface area (Å²) in [6.45, 7) is 0. The Hall–Kier alpha value is -1.40. The van der Waals surface area contributed by atoms with Crippen molar-refractivity contribution in [3.05, 3.63) is 22.4 Å². The first-order valence-corrected chi connectivity index (χ1v) is 7.85. The number of carbonyl (C=O) groups excluding carboxylic acids is 1. The predicted octanol–water partition coefficient (Wildman–Crippen LogP) is 2.95. The van der Waals surface area contributed by atoms with E-state index in [4.69, 9.17) is 5.11 Å². The fourth-order valence-electron chi connectivity index (χ4n) is 2.55. The molecular formula is C13H13NO3S2. The largest absolute Gasteiger partial charge is 0.481 e. The minimum Gasteiger partial charge on any atom is -0.481 e. The zero-order valence-corrected chi connectivity index (χ0v) is 11.7. The summed E-state index contributed by atoms with van der Waals surface area (Å²) in [5.41, 5.74) is 0. The summed E-state index contributed by atoms with van der Waals surface area (Å²) < 4.78 is 2.22. The van der Waals surface area contributed by atoms with E-state index in [9.17, 15) is 9.59 Å². The fraction of sp³-hybridized carbons (Fsp3) is 0.385. The van der Waals surface area contributed by atoms with Gasteiger partial charge in [-0.05, 0) is 30.4 Å². The van der Waals surface area contributed by atoms with Crippen molar-refractivity contribution >= 4 is 43.9 Å². The van der Waals surface area contributed by atoms with Crippen LogP contribution in [0, 0.1) is 5.92 Å². The number of thiophene rings is 2. The second-order valence-electron chi connectivity index (χ2n) is 4.72. The molecule has 2 N–H and O–H groups in total. The van der Waals surface area contributed by atoms with Crippen molar-refractivity contribution in [2.45, 2.75) is 25.3 Å². The summed E-state index contributed by atoms with van der Waals surface area (Å²) >= 11 is 3.07. The average molecular weight is 295 g/mol. The lowest BCUT2D eigenvalue weighted by Crippen LogP contribution is -2.39. The van der Waals surface area contributed by atoms with Crippen LogP contribution >= 0.6 is 22.7 Å². The monoisotopic (exact) mass is 295 g/mol. The Balaban J connectivity index is 1.74. The quantitative estimate of drug-likeness (QED) is 0.915. The van der Waals surface area contributed by atoms with Crippen LogP contribution in [0.15, 0.2) is 17.5 Å². The van der Waals surface area contributed by atoms with Crippen molar-refractivity contribution < 1.29 is 14.7 Å². The third-order valence-electron chi connectivity index (χ3n) is 3.51. The summed E-state index contributed by atoms with van der Waals surface area (Å²) in [5.74, 6) is -1.40. The Bertz CT molecular complexity index is 602. The molecule has 0 aliphatic heterocycles. The highest BCUT2D eigenvalue weighted by atomic mass is 32.1.